The van der Waals surface area contributed by atoms with E-state index < -0.39 is 40.5 Å². The van der Waals surface area contributed by atoms with E-state index in [-0.39, 0.29) is 44.4 Å². The van der Waals surface area contributed by atoms with Gasteiger partial charge < -0.3 is 16.2 Å². The topological polar surface area (TPSA) is 190 Å². The minimum atomic E-state index is -4.70. The molecule has 2 fully saturated rings. The Kier molecular flexibility index (Phi) is 11.0. The number of ether oxygens (including phenoxy) is 1. The molecule has 0 bridgehead atoms. The molecule has 0 aliphatic heterocycles. The second kappa shape index (κ2) is 13.2. The highest BCUT2D eigenvalue weighted by Gasteiger charge is 2.43. The Morgan fingerprint density at radius 2 is 1.74 bits per heavy atom. The summed E-state index contributed by atoms with van der Waals surface area (Å²) >= 11 is 0. The summed E-state index contributed by atoms with van der Waals surface area (Å²) in [6.07, 6.45) is 4.56. The molecule has 0 heterocycles. The summed E-state index contributed by atoms with van der Waals surface area (Å²) in [4.78, 5) is 41.5. The van der Waals surface area contributed by atoms with Gasteiger partial charge in [0.05, 0.1) is 31.3 Å². The molecule has 0 aromatic carbocycles. The van der Waals surface area contributed by atoms with Gasteiger partial charge in [0.25, 0.3) is 0 Å². The van der Waals surface area contributed by atoms with Gasteiger partial charge in [0.15, 0.2) is 0 Å². The van der Waals surface area contributed by atoms with Crippen LogP contribution in [0.2, 0.25) is 0 Å². The molecule has 2 saturated carbocycles. The molecule has 2 aliphatic rings. The van der Waals surface area contributed by atoms with Crippen molar-refractivity contribution in [2.75, 3.05) is 26.4 Å². The fourth-order valence-electron chi connectivity index (χ4n) is 4.34. The lowest BCUT2D eigenvalue weighted by Gasteiger charge is -2.35. The first-order valence-corrected chi connectivity index (χ1v) is 12.9. The van der Waals surface area contributed by atoms with Crippen molar-refractivity contribution in [1.82, 2.24) is 10.5 Å². The van der Waals surface area contributed by atoms with Crippen LogP contribution in [0.3, 0.4) is 0 Å². The number of carbonyl (C=O) groups excluding carboxylic acids is 3. The second-order valence-electron chi connectivity index (χ2n) is 8.58. The highest BCUT2D eigenvalue weighted by Crippen LogP contribution is 2.38. The number of primary amides is 1. The lowest BCUT2D eigenvalue weighted by atomic mass is 9.75. The number of esters is 1. The first-order valence-electron chi connectivity index (χ1n) is 11.6. The van der Waals surface area contributed by atoms with Gasteiger partial charge in [0.2, 0.25) is 5.91 Å². The van der Waals surface area contributed by atoms with Crippen LogP contribution in [-0.2, 0) is 38.0 Å². The lowest BCUT2D eigenvalue weighted by Crippen LogP contribution is -2.48. The third-order valence-corrected chi connectivity index (χ3v) is 6.93. The van der Waals surface area contributed by atoms with E-state index in [2.05, 4.69) is 5.48 Å². The fraction of sp³-hybridized carbons (Fsp3) is 0.850. The molecule has 0 radical (unpaired) electrons. The summed E-state index contributed by atoms with van der Waals surface area (Å²) in [5, 5.41) is 0.562. The number of nitrogens with one attached hydrogen (secondary N) is 1. The number of urea groups is 1. The van der Waals surface area contributed by atoms with E-state index in [4.69, 9.17) is 29.5 Å². The number of nitrogens with two attached hydrogens (primary N) is 2. The van der Waals surface area contributed by atoms with Gasteiger partial charge in [0.1, 0.15) is 0 Å². The van der Waals surface area contributed by atoms with Gasteiger partial charge in [-0.05, 0) is 45.4 Å². The molecule has 5 N–H and O–H groups in total. The zero-order chi connectivity index (χ0) is 25.2. The van der Waals surface area contributed by atoms with Crippen molar-refractivity contribution >= 4 is 28.3 Å². The van der Waals surface area contributed by atoms with Crippen LogP contribution in [0, 0.1) is 11.3 Å². The maximum absolute atomic E-state index is 12.5. The number of hydroxylamine groups is 3. The minimum absolute atomic E-state index is 0.166. The number of carbonyl (C=O) groups is 3. The SMILES string of the molecule is CCOC(=O)C1(COS(=O)(=O)ON(C(N)=O)[C@H]2CC[C@H](C(=O)NOCCN)CC2)CCCCC1. The molecule has 0 saturated heterocycles. The Morgan fingerprint density at radius 3 is 2.29 bits per heavy atom. The first kappa shape index (κ1) is 28.2. The van der Waals surface area contributed by atoms with Crippen molar-refractivity contribution in [2.24, 2.45) is 22.8 Å². The van der Waals surface area contributed by atoms with Crippen LogP contribution in [0.4, 0.5) is 4.79 Å². The Bertz CT molecular complexity index is 794. The van der Waals surface area contributed by atoms with E-state index in [0.29, 0.717) is 30.7 Å². The molecule has 3 amide bonds. The van der Waals surface area contributed by atoms with Crippen LogP contribution >= 0.6 is 0 Å². The number of nitrogens with zero attached hydrogens (tertiary/aromatic N) is 1. The first-order chi connectivity index (χ1) is 16.1. The van der Waals surface area contributed by atoms with Crippen LogP contribution in [0.25, 0.3) is 0 Å². The van der Waals surface area contributed by atoms with E-state index in [1.165, 1.54) is 0 Å². The standard InChI is InChI=1S/C20H36N4O9S/c1-2-30-18(26)20(10-4-3-5-11-20)14-32-34(28,29)33-24(19(22)27)16-8-6-15(7-9-16)17(25)23-31-13-12-21/h15-16H,2-14,21H2,1H3,(H2,22,27)(H,23,25)/t15-,16-. The average Bonchev–Trinajstić information content (AvgIpc) is 2.82. The minimum Gasteiger partial charge on any atom is -0.465 e. The maximum atomic E-state index is 12.5. The molecule has 34 heavy (non-hydrogen) atoms. The summed E-state index contributed by atoms with van der Waals surface area (Å²) in [5.74, 6) is -1.19. The summed E-state index contributed by atoms with van der Waals surface area (Å²) in [6.45, 7) is 1.83. The summed E-state index contributed by atoms with van der Waals surface area (Å²) < 4.78 is 40.2. The number of hydrogen-bond donors (Lipinski definition) is 3. The van der Waals surface area contributed by atoms with Crippen LogP contribution in [0.1, 0.15) is 64.7 Å². The quantitative estimate of drug-likeness (QED) is 0.191. The van der Waals surface area contributed by atoms with Gasteiger partial charge in [-0.25, -0.2) is 14.5 Å². The maximum Gasteiger partial charge on any atom is 0.421 e. The van der Waals surface area contributed by atoms with Crippen LogP contribution in [-0.4, -0.2) is 63.8 Å². The van der Waals surface area contributed by atoms with Crippen molar-refractivity contribution in [2.45, 2.75) is 70.8 Å². The third-order valence-electron chi connectivity index (χ3n) is 6.18. The number of hydrogen-bond acceptors (Lipinski definition) is 10. The molecule has 2 rings (SSSR count). The summed E-state index contributed by atoms with van der Waals surface area (Å²) in [6, 6.07) is -1.78. The highest BCUT2D eigenvalue weighted by molar-refractivity contribution is 7.81. The van der Waals surface area contributed by atoms with Crippen molar-refractivity contribution in [1.29, 1.82) is 0 Å². The van der Waals surface area contributed by atoms with Gasteiger partial charge >= 0.3 is 22.4 Å². The normalized spacial score (nSPS) is 22.5. The monoisotopic (exact) mass is 508 g/mol. The Morgan fingerprint density at radius 1 is 1.09 bits per heavy atom. The predicted octanol–water partition coefficient (Wildman–Crippen LogP) is 0.639. The molecule has 0 atom stereocenters. The summed E-state index contributed by atoms with van der Waals surface area (Å²) in [7, 11) is -4.70. The van der Waals surface area contributed by atoms with Crippen molar-refractivity contribution in [3.8, 4) is 0 Å². The lowest BCUT2D eigenvalue weighted by molar-refractivity contribution is -0.160. The Hall–Kier alpha value is -2.00. The molecule has 0 spiro atoms. The second-order valence-corrected chi connectivity index (χ2v) is 9.78. The third kappa shape index (κ3) is 8.05. The molecule has 2 aliphatic carbocycles. The van der Waals surface area contributed by atoms with E-state index in [1.807, 2.05) is 0 Å². The van der Waals surface area contributed by atoms with Crippen molar-refractivity contribution in [3.63, 3.8) is 0 Å². The highest BCUT2D eigenvalue weighted by atomic mass is 32.3. The summed E-state index contributed by atoms with van der Waals surface area (Å²) in [5.41, 5.74) is 11.9. The van der Waals surface area contributed by atoms with Gasteiger partial charge in [-0.3, -0.25) is 14.4 Å². The molecule has 13 nitrogen and oxygen atoms in total. The molecular weight excluding hydrogens is 472 g/mol. The van der Waals surface area contributed by atoms with E-state index in [9.17, 15) is 22.8 Å². The van der Waals surface area contributed by atoms with Crippen molar-refractivity contribution < 1.29 is 40.8 Å². The van der Waals surface area contributed by atoms with E-state index >= 15 is 0 Å². The van der Waals surface area contributed by atoms with Crippen LogP contribution in [0.15, 0.2) is 0 Å². The largest absolute Gasteiger partial charge is 0.465 e. The van der Waals surface area contributed by atoms with Crippen LogP contribution < -0.4 is 16.9 Å². The zero-order valence-electron chi connectivity index (χ0n) is 19.5. The fourth-order valence-corrected chi connectivity index (χ4v) is 5.14. The molecule has 0 unspecified atom stereocenters. The van der Waals surface area contributed by atoms with Gasteiger partial charge in [-0.1, -0.05) is 19.3 Å². The number of rotatable bonds is 12. The van der Waals surface area contributed by atoms with E-state index in [0.717, 1.165) is 19.3 Å². The van der Waals surface area contributed by atoms with Crippen molar-refractivity contribution in [3.05, 3.63) is 0 Å². The number of amides is 3. The Balaban J connectivity index is 1.96. The van der Waals surface area contributed by atoms with Gasteiger partial charge in [0, 0.05) is 12.5 Å². The van der Waals surface area contributed by atoms with Gasteiger partial charge in [-0.2, -0.15) is 13.5 Å². The smallest absolute Gasteiger partial charge is 0.421 e. The molecule has 196 valence electrons. The van der Waals surface area contributed by atoms with Crippen LogP contribution in [0.5, 0.6) is 0 Å². The molecule has 0 aromatic heterocycles. The zero-order valence-corrected chi connectivity index (χ0v) is 20.3. The average molecular weight is 509 g/mol. The Labute approximate surface area is 200 Å². The molecule has 14 heteroatoms. The van der Waals surface area contributed by atoms with E-state index in [1.54, 1.807) is 6.92 Å². The predicted molar refractivity (Wildman–Crippen MR) is 118 cm³/mol. The molecule has 0 aromatic rings. The van der Waals surface area contributed by atoms with Gasteiger partial charge in [-0.15, -0.1) is 4.28 Å². The molecular formula is C20H36N4O9S.